The molecule has 0 saturated carbocycles. The minimum Gasteiger partial charge on any atom is -0.330 e. The van der Waals surface area contributed by atoms with Crippen LogP contribution in [0.4, 0.5) is 0 Å². The molecule has 0 unspecified atom stereocenters. The molecule has 0 radical (unpaired) electrons. The molecule has 1 heterocycles. The summed E-state index contributed by atoms with van der Waals surface area (Å²) in [5.41, 5.74) is 11.4. The lowest BCUT2D eigenvalue weighted by Gasteiger charge is -2.10. The summed E-state index contributed by atoms with van der Waals surface area (Å²) in [5.74, 6) is 0. The average Bonchev–Trinajstić information content (AvgIpc) is 2.60. The molecule has 0 fully saturated rings. The molecule has 1 aromatic heterocycles. The summed E-state index contributed by atoms with van der Waals surface area (Å²) >= 11 is 3.57. The highest BCUT2D eigenvalue weighted by molar-refractivity contribution is 9.10. The largest absolute Gasteiger partial charge is 0.330 e. The topological polar surface area (TPSA) is 43.8 Å². The molecule has 0 atom stereocenters. The van der Waals surface area contributed by atoms with Gasteiger partial charge in [-0.15, -0.1) is 0 Å². The number of aryl methyl sites for hydroxylation is 2. The summed E-state index contributed by atoms with van der Waals surface area (Å²) in [5, 5.41) is 4.58. The molecule has 0 spiro atoms. The lowest BCUT2D eigenvalue weighted by Crippen LogP contribution is -2.06. The fourth-order valence-electron chi connectivity index (χ4n) is 2.06. The third-order valence-electron chi connectivity index (χ3n) is 3.14. The van der Waals surface area contributed by atoms with Gasteiger partial charge in [0, 0.05) is 0 Å². The molecule has 4 heteroatoms. The van der Waals surface area contributed by atoms with Crippen molar-refractivity contribution in [2.24, 2.45) is 5.73 Å². The van der Waals surface area contributed by atoms with Crippen molar-refractivity contribution in [3.05, 3.63) is 45.2 Å². The molecule has 0 aliphatic rings. The maximum atomic E-state index is 5.62. The van der Waals surface area contributed by atoms with Crippen LogP contribution in [0.1, 0.15) is 22.5 Å². The zero-order valence-electron chi connectivity index (χ0n) is 11.0. The van der Waals surface area contributed by atoms with Crippen LogP contribution in [0, 0.1) is 20.8 Å². The molecule has 18 heavy (non-hydrogen) atoms. The lowest BCUT2D eigenvalue weighted by molar-refractivity contribution is 0.823. The van der Waals surface area contributed by atoms with Crippen molar-refractivity contribution in [1.82, 2.24) is 9.78 Å². The summed E-state index contributed by atoms with van der Waals surface area (Å²) in [6.07, 6.45) is 0.897. The Morgan fingerprint density at radius 1 is 1.28 bits per heavy atom. The van der Waals surface area contributed by atoms with E-state index in [9.17, 15) is 0 Å². The van der Waals surface area contributed by atoms with Crippen molar-refractivity contribution in [2.45, 2.75) is 27.2 Å². The van der Waals surface area contributed by atoms with Crippen LogP contribution in [-0.2, 0) is 6.42 Å². The molecule has 0 aliphatic heterocycles. The first-order valence-corrected chi connectivity index (χ1v) is 6.85. The number of rotatable bonds is 3. The molecule has 0 saturated heterocycles. The van der Waals surface area contributed by atoms with Crippen LogP contribution in [0.2, 0.25) is 0 Å². The van der Waals surface area contributed by atoms with Gasteiger partial charge in [-0.1, -0.05) is 12.1 Å². The summed E-state index contributed by atoms with van der Waals surface area (Å²) in [4.78, 5) is 0. The minimum atomic E-state index is 0.670. The van der Waals surface area contributed by atoms with E-state index >= 15 is 0 Å². The first kappa shape index (κ1) is 13.3. The van der Waals surface area contributed by atoms with Crippen LogP contribution in [0.3, 0.4) is 0 Å². The standard InChI is InChI=1S/C14H18BrN3/c1-9-4-5-12(6-7-16)8-13(9)18-11(3)14(15)10(2)17-18/h4-5,8H,6-7,16H2,1-3H3. The Bertz CT molecular complexity index is 573. The number of nitrogens with two attached hydrogens (primary N) is 1. The van der Waals surface area contributed by atoms with Gasteiger partial charge in [-0.3, -0.25) is 0 Å². The van der Waals surface area contributed by atoms with Crippen molar-refractivity contribution in [3.8, 4) is 5.69 Å². The molecule has 2 aromatic rings. The van der Waals surface area contributed by atoms with Crippen LogP contribution in [0.15, 0.2) is 22.7 Å². The lowest BCUT2D eigenvalue weighted by atomic mass is 10.1. The van der Waals surface area contributed by atoms with Gasteiger partial charge in [0.2, 0.25) is 0 Å². The van der Waals surface area contributed by atoms with Crippen LogP contribution < -0.4 is 5.73 Å². The number of aromatic nitrogens is 2. The van der Waals surface area contributed by atoms with Crippen LogP contribution in [0.5, 0.6) is 0 Å². The second-order valence-electron chi connectivity index (χ2n) is 4.56. The number of hydrogen-bond donors (Lipinski definition) is 1. The first-order valence-electron chi connectivity index (χ1n) is 6.06. The molecular weight excluding hydrogens is 290 g/mol. The summed E-state index contributed by atoms with van der Waals surface area (Å²) in [6, 6.07) is 6.44. The second kappa shape index (κ2) is 5.24. The zero-order chi connectivity index (χ0) is 13.3. The predicted molar refractivity (Wildman–Crippen MR) is 78.2 cm³/mol. The number of hydrogen-bond acceptors (Lipinski definition) is 2. The number of halogens is 1. The maximum absolute atomic E-state index is 5.62. The van der Waals surface area contributed by atoms with Gasteiger partial charge in [-0.25, -0.2) is 4.68 Å². The average molecular weight is 308 g/mol. The Hall–Kier alpha value is -1.13. The fourth-order valence-corrected chi connectivity index (χ4v) is 2.31. The highest BCUT2D eigenvalue weighted by Gasteiger charge is 2.12. The summed E-state index contributed by atoms with van der Waals surface area (Å²) < 4.78 is 3.07. The van der Waals surface area contributed by atoms with Crippen molar-refractivity contribution in [3.63, 3.8) is 0 Å². The van der Waals surface area contributed by atoms with Gasteiger partial charge in [0.05, 0.1) is 21.5 Å². The van der Waals surface area contributed by atoms with Crippen LogP contribution in [0.25, 0.3) is 5.69 Å². The van der Waals surface area contributed by atoms with Gasteiger partial charge in [-0.2, -0.15) is 5.10 Å². The highest BCUT2D eigenvalue weighted by atomic mass is 79.9. The zero-order valence-corrected chi connectivity index (χ0v) is 12.6. The molecule has 2 rings (SSSR count). The molecule has 2 N–H and O–H groups in total. The van der Waals surface area contributed by atoms with Crippen molar-refractivity contribution in [1.29, 1.82) is 0 Å². The van der Waals surface area contributed by atoms with E-state index < -0.39 is 0 Å². The van der Waals surface area contributed by atoms with Gasteiger partial charge in [0.15, 0.2) is 0 Å². The number of benzene rings is 1. The molecule has 0 bridgehead atoms. The van der Waals surface area contributed by atoms with Gasteiger partial charge in [-0.05, 0) is 66.9 Å². The monoisotopic (exact) mass is 307 g/mol. The van der Waals surface area contributed by atoms with Crippen molar-refractivity contribution < 1.29 is 0 Å². The van der Waals surface area contributed by atoms with Crippen LogP contribution >= 0.6 is 15.9 Å². The van der Waals surface area contributed by atoms with Crippen molar-refractivity contribution in [2.75, 3.05) is 6.54 Å². The summed E-state index contributed by atoms with van der Waals surface area (Å²) in [6.45, 7) is 6.85. The molecule has 1 aromatic carbocycles. The van der Waals surface area contributed by atoms with E-state index in [-0.39, 0.29) is 0 Å². The van der Waals surface area contributed by atoms with E-state index in [4.69, 9.17) is 5.73 Å². The Balaban J connectivity index is 2.55. The van der Waals surface area contributed by atoms with E-state index in [1.807, 2.05) is 11.6 Å². The highest BCUT2D eigenvalue weighted by Crippen LogP contribution is 2.25. The van der Waals surface area contributed by atoms with E-state index in [0.717, 1.165) is 28.0 Å². The normalized spacial score (nSPS) is 10.9. The van der Waals surface area contributed by atoms with E-state index in [1.165, 1.54) is 11.1 Å². The van der Waals surface area contributed by atoms with Gasteiger partial charge >= 0.3 is 0 Å². The fraction of sp³-hybridized carbons (Fsp3) is 0.357. The van der Waals surface area contributed by atoms with Gasteiger partial charge in [0.25, 0.3) is 0 Å². The quantitative estimate of drug-likeness (QED) is 0.947. The van der Waals surface area contributed by atoms with Gasteiger partial charge < -0.3 is 5.73 Å². The molecular formula is C14H18BrN3. The second-order valence-corrected chi connectivity index (χ2v) is 5.35. The minimum absolute atomic E-state index is 0.670. The third-order valence-corrected chi connectivity index (χ3v) is 4.29. The SMILES string of the molecule is Cc1ccc(CCN)cc1-n1nc(C)c(Br)c1C. The molecule has 0 amide bonds. The van der Waals surface area contributed by atoms with E-state index in [1.54, 1.807) is 0 Å². The molecule has 0 aliphatic carbocycles. The Morgan fingerprint density at radius 3 is 2.56 bits per heavy atom. The third kappa shape index (κ3) is 2.35. The smallest absolute Gasteiger partial charge is 0.0743 e. The first-order chi connectivity index (χ1) is 8.54. The molecule has 3 nitrogen and oxygen atoms in total. The summed E-state index contributed by atoms with van der Waals surface area (Å²) in [7, 11) is 0. The number of nitrogens with zero attached hydrogens (tertiary/aromatic N) is 2. The Kier molecular flexibility index (Phi) is 3.88. The van der Waals surface area contributed by atoms with E-state index in [0.29, 0.717) is 6.54 Å². The van der Waals surface area contributed by atoms with E-state index in [2.05, 4.69) is 53.1 Å². The maximum Gasteiger partial charge on any atom is 0.0743 e. The molecule has 96 valence electrons. The van der Waals surface area contributed by atoms with Crippen LogP contribution in [-0.4, -0.2) is 16.3 Å². The Morgan fingerprint density at radius 2 is 2.00 bits per heavy atom. The predicted octanol–water partition coefficient (Wildman–Crippen LogP) is 3.06. The van der Waals surface area contributed by atoms with Crippen molar-refractivity contribution >= 4 is 15.9 Å². The Labute approximate surface area is 116 Å². The van der Waals surface area contributed by atoms with Gasteiger partial charge in [0.1, 0.15) is 0 Å².